The standard InChI is InChI=1S/C12H22N2O5S/c1-4-8-20(17,18)14-7-5-6-10(14)11(15)13-9(2)12(16)19-3/h9-10H,4-8H2,1-3H3,(H,13,15). The lowest BCUT2D eigenvalue weighted by Crippen LogP contribution is -2.50. The van der Waals surface area contributed by atoms with Crippen LogP contribution in [-0.2, 0) is 24.3 Å². The van der Waals surface area contributed by atoms with Gasteiger partial charge in [-0.25, -0.2) is 13.2 Å². The molecule has 7 nitrogen and oxygen atoms in total. The van der Waals surface area contributed by atoms with Crippen molar-refractivity contribution >= 4 is 21.9 Å². The first-order chi connectivity index (χ1) is 9.33. The minimum absolute atomic E-state index is 0.0311. The summed E-state index contributed by atoms with van der Waals surface area (Å²) in [6.07, 6.45) is 1.63. The molecule has 0 bridgehead atoms. The molecule has 1 fully saturated rings. The van der Waals surface area contributed by atoms with Crippen molar-refractivity contribution in [1.82, 2.24) is 9.62 Å². The SMILES string of the molecule is CCCS(=O)(=O)N1CCCC1C(=O)NC(C)C(=O)OC. The van der Waals surface area contributed by atoms with E-state index in [2.05, 4.69) is 10.1 Å². The molecular formula is C12H22N2O5S. The number of carbonyl (C=O) groups excluding carboxylic acids is 2. The molecule has 0 aromatic rings. The Morgan fingerprint density at radius 1 is 1.45 bits per heavy atom. The summed E-state index contributed by atoms with van der Waals surface area (Å²) in [4.78, 5) is 23.4. The average molecular weight is 306 g/mol. The average Bonchev–Trinajstić information content (AvgIpc) is 2.87. The molecule has 1 aliphatic heterocycles. The van der Waals surface area contributed by atoms with Crippen LogP contribution in [-0.4, -0.2) is 56.1 Å². The lowest BCUT2D eigenvalue weighted by Gasteiger charge is -2.24. The van der Waals surface area contributed by atoms with Crippen molar-refractivity contribution in [2.45, 2.75) is 45.2 Å². The molecule has 1 N–H and O–H groups in total. The van der Waals surface area contributed by atoms with Gasteiger partial charge in [-0.15, -0.1) is 0 Å². The largest absolute Gasteiger partial charge is 0.467 e. The Bertz CT molecular complexity index is 462. The molecule has 0 aromatic heterocycles. The van der Waals surface area contributed by atoms with Gasteiger partial charge >= 0.3 is 5.97 Å². The number of methoxy groups -OCH3 is 1. The van der Waals surface area contributed by atoms with Gasteiger partial charge in [-0.3, -0.25) is 4.79 Å². The van der Waals surface area contributed by atoms with Crippen LogP contribution >= 0.6 is 0 Å². The maximum atomic E-state index is 12.1. The Labute approximate surface area is 119 Å². The zero-order chi connectivity index (χ0) is 15.3. The third-order valence-corrected chi connectivity index (χ3v) is 5.32. The molecule has 2 atom stereocenters. The van der Waals surface area contributed by atoms with E-state index < -0.39 is 34.0 Å². The van der Waals surface area contributed by atoms with Gasteiger partial charge < -0.3 is 10.1 Å². The molecule has 0 aliphatic carbocycles. The molecule has 2 unspecified atom stereocenters. The topological polar surface area (TPSA) is 92.8 Å². The first kappa shape index (κ1) is 16.9. The van der Waals surface area contributed by atoms with Crippen molar-refractivity contribution in [2.24, 2.45) is 0 Å². The fourth-order valence-electron chi connectivity index (χ4n) is 2.26. The highest BCUT2D eigenvalue weighted by molar-refractivity contribution is 7.89. The van der Waals surface area contributed by atoms with Crippen LogP contribution < -0.4 is 5.32 Å². The highest BCUT2D eigenvalue weighted by Crippen LogP contribution is 2.22. The summed E-state index contributed by atoms with van der Waals surface area (Å²) >= 11 is 0. The lowest BCUT2D eigenvalue weighted by atomic mass is 10.2. The van der Waals surface area contributed by atoms with Crippen molar-refractivity contribution < 1.29 is 22.7 Å². The number of rotatable bonds is 6. The van der Waals surface area contributed by atoms with Crippen LogP contribution in [0.4, 0.5) is 0 Å². The molecule has 1 amide bonds. The van der Waals surface area contributed by atoms with Gasteiger partial charge in [0.15, 0.2) is 0 Å². The zero-order valence-electron chi connectivity index (χ0n) is 12.1. The van der Waals surface area contributed by atoms with Gasteiger partial charge in [-0.2, -0.15) is 4.31 Å². The number of hydrogen-bond acceptors (Lipinski definition) is 5. The number of hydrogen-bond donors (Lipinski definition) is 1. The molecule has 0 saturated carbocycles. The molecule has 0 radical (unpaired) electrons. The molecule has 8 heteroatoms. The maximum absolute atomic E-state index is 12.1. The van der Waals surface area contributed by atoms with Crippen molar-refractivity contribution in [3.63, 3.8) is 0 Å². The second kappa shape index (κ2) is 7.03. The van der Waals surface area contributed by atoms with Gasteiger partial charge in [0.1, 0.15) is 12.1 Å². The molecule has 1 aliphatic rings. The van der Waals surface area contributed by atoms with E-state index in [0.717, 1.165) is 0 Å². The molecule has 20 heavy (non-hydrogen) atoms. The molecule has 116 valence electrons. The smallest absolute Gasteiger partial charge is 0.328 e. The van der Waals surface area contributed by atoms with Crippen LogP contribution in [0.25, 0.3) is 0 Å². The monoisotopic (exact) mass is 306 g/mol. The van der Waals surface area contributed by atoms with E-state index >= 15 is 0 Å². The summed E-state index contributed by atoms with van der Waals surface area (Å²) in [7, 11) is -2.17. The Morgan fingerprint density at radius 2 is 2.10 bits per heavy atom. The first-order valence-corrected chi connectivity index (χ1v) is 8.32. The van der Waals surface area contributed by atoms with Gasteiger partial charge in [0.2, 0.25) is 15.9 Å². The van der Waals surface area contributed by atoms with E-state index in [9.17, 15) is 18.0 Å². The molecule has 0 spiro atoms. The third kappa shape index (κ3) is 3.92. The van der Waals surface area contributed by atoms with Crippen LogP contribution in [0.3, 0.4) is 0 Å². The Kier molecular flexibility index (Phi) is 5.94. The minimum Gasteiger partial charge on any atom is -0.467 e. The normalized spacial score (nSPS) is 21.4. The van der Waals surface area contributed by atoms with Crippen LogP contribution in [0.5, 0.6) is 0 Å². The minimum atomic E-state index is -3.41. The summed E-state index contributed by atoms with van der Waals surface area (Å²) in [5.74, 6) is -0.969. The third-order valence-electron chi connectivity index (χ3n) is 3.24. The maximum Gasteiger partial charge on any atom is 0.328 e. The highest BCUT2D eigenvalue weighted by Gasteiger charge is 2.38. The Morgan fingerprint density at radius 3 is 2.65 bits per heavy atom. The molecule has 1 rings (SSSR count). The quantitative estimate of drug-likeness (QED) is 0.690. The number of sulfonamides is 1. The van der Waals surface area contributed by atoms with E-state index in [1.165, 1.54) is 18.3 Å². The zero-order valence-corrected chi connectivity index (χ0v) is 12.9. The van der Waals surface area contributed by atoms with Crippen molar-refractivity contribution in [3.8, 4) is 0 Å². The molecular weight excluding hydrogens is 284 g/mol. The van der Waals surface area contributed by atoms with E-state index in [-0.39, 0.29) is 5.75 Å². The Balaban J connectivity index is 2.74. The van der Waals surface area contributed by atoms with Gasteiger partial charge in [-0.05, 0) is 26.2 Å². The van der Waals surface area contributed by atoms with Crippen LogP contribution in [0.2, 0.25) is 0 Å². The number of nitrogens with zero attached hydrogens (tertiary/aromatic N) is 1. The van der Waals surface area contributed by atoms with Gasteiger partial charge in [0.05, 0.1) is 12.9 Å². The summed E-state index contributed by atoms with van der Waals surface area (Å²) in [6.45, 7) is 3.64. The van der Waals surface area contributed by atoms with Crippen molar-refractivity contribution in [2.75, 3.05) is 19.4 Å². The summed E-state index contributed by atoms with van der Waals surface area (Å²) < 4.78 is 29.9. The van der Waals surface area contributed by atoms with Gasteiger partial charge in [0.25, 0.3) is 0 Å². The van der Waals surface area contributed by atoms with Crippen molar-refractivity contribution in [1.29, 1.82) is 0 Å². The number of nitrogens with one attached hydrogen (secondary N) is 1. The van der Waals surface area contributed by atoms with Gasteiger partial charge in [0, 0.05) is 6.54 Å². The van der Waals surface area contributed by atoms with E-state index in [1.807, 2.05) is 0 Å². The van der Waals surface area contributed by atoms with E-state index in [4.69, 9.17) is 0 Å². The number of esters is 1. The van der Waals surface area contributed by atoms with Crippen molar-refractivity contribution in [3.05, 3.63) is 0 Å². The van der Waals surface area contributed by atoms with Gasteiger partial charge in [-0.1, -0.05) is 6.92 Å². The molecule has 1 heterocycles. The predicted octanol–water partition coefficient (Wildman–Crippen LogP) is -0.132. The second-order valence-corrected chi connectivity index (χ2v) is 6.88. The fourth-order valence-corrected chi connectivity index (χ4v) is 4.00. The van der Waals surface area contributed by atoms with E-state index in [1.54, 1.807) is 6.92 Å². The molecule has 1 saturated heterocycles. The van der Waals surface area contributed by atoms with Crippen LogP contribution in [0.15, 0.2) is 0 Å². The Hall–Kier alpha value is -1.15. The van der Waals surface area contributed by atoms with Crippen LogP contribution in [0, 0.1) is 0 Å². The second-order valence-electron chi connectivity index (χ2n) is 4.84. The number of amides is 1. The predicted molar refractivity (Wildman–Crippen MR) is 73.4 cm³/mol. The number of ether oxygens (including phenoxy) is 1. The highest BCUT2D eigenvalue weighted by atomic mass is 32.2. The van der Waals surface area contributed by atoms with Crippen LogP contribution in [0.1, 0.15) is 33.1 Å². The number of carbonyl (C=O) groups is 2. The summed E-state index contributed by atoms with van der Waals surface area (Å²) in [5.41, 5.74) is 0. The van der Waals surface area contributed by atoms with E-state index in [0.29, 0.717) is 25.8 Å². The molecule has 0 aromatic carbocycles. The fraction of sp³-hybridized carbons (Fsp3) is 0.833. The summed E-state index contributed by atoms with van der Waals surface area (Å²) in [6, 6.07) is -1.51. The first-order valence-electron chi connectivity index (χ1n) is 6.71. The lowest BCUT2D eigenvalue weighted by molar-refractivity contribution is -0.144. The summed E-state index contributed by atoms with van der Waals surface area (Å²) in [5, 5.41) is 2.50.